The van der Waals surface area contributed by atoms with Crippen molar-refractivity contribution in [2.45, 2.75) is 6.54 Å². The number of hydrogen-bond acceptors (Lipinski definition) is 4. The van der Waals surface area contributed by atoms with Crippen molar-refractivity contribution in [2.75, 3.05) is 5.32 Å². The van der Waals surface area contributed by atoms with Crippen LogP contribution in [0.3, 0.4) is 0 Å². The van der Waals surface area contributed by atoms with Crippen LogP contribution in [0, 0.1) is 21.7 Å². The highest BCUT2D eigenvalue weighted by Gasteiger charge is 2.12. The molecule has 0 aliphatic carbocycles. The molecule has 0 atom stereocenters. The average molecular weight is 282 g/mol. The van der Waals surface area contributed by atoms with Crippen LogP contribution in [-0.4, -0.2) is 20.4 Å². The summed E-state index contributed by atoms with van der Waals surface area (Å²) in [5.74, 6) is -3.04. The second-order valence-electron chi connectivity index (χ2n) is 3.84. The summed E-state index contributed by atoms with van der Waals surface area (Å²) in [7, 11) is 0. The van der Waals surface area contributed by atoms with Gasteiger partial charge in [-0.15, -0.1) is 0 Å². The van der Waals surface area contributed by atoms with Gasteiger partial charge in [0.2, 0.25) is 12.2 Å². The third-order valence-electron chi connectivity index (χ3n) is 2.34. The van der Waals surface area contributed by atoms with Crippen molar-refractivity contribution in [1.82, 2.24) is 9.55 Å². The van der Waals surface area contributed by atoms with Gasteiger partial charge in [0.1, 0.15) is 12.7 Å². The summed E-state index contributed by atoms with van der Waals surface area (Å²) in [5.41, 5.74) is 0.0866. The fourth-order valence-corrected chi connectivity index (χ4v) is 1.47. The van der Waals surface area contributed by atoms with Crippen LogP contribution in [0.25, 0.3) is 0 Å². The van der Waals surface area contributed by atoms with Crippen LogP contribution in [-0.2, 0) is 11.3 Å². The van der Waals surface area contributed by atoms with E-state index < -0.39 is 22.5 Å². The molecule has 104 valence electrons. The molecule has 0 spiro atoms. The number of aromatic nitrogens is 2. The maximum Gasteiger partial charge on any atom is 0.381 e. The lowest BCUT2D eigenvalue weighted by Gasteiger charge is -2.05. The van der Waals surface area contributed by atoms with Gasteiger partial charge in [-0.3, -0.25) is 4.79 Å². The van der Waals surface area contributed by atoms with Crippen molar-refractivity contribution in [1.29, 1.82) is 0 Å². The number of anilines is 1. The largest absolute Gasteiger partial charge is 0.381 e. The monoisotopic (exact) mass is 282 g/mol. The van der Waals surface area contributed by atoms with Gasteiger partial charge in [-0.2, -0.15) is 0 Å². The third-order valence-corrected chi connectivity index (χ3v) is 2.34. The number of hydrogen-bond donors (Lipinski definition) is 1. The van der Waals surface area contributed by atoms with Crippen LogP contribution in [0.4, 0.5) is 20.3 Å². The first-order chi connectivity index (χ1) is 9.45. The van der Waals surface area contributed by atoms with Gasteiger partial charge in [-0.05, 0) is 22.0 Å². The predicted molar refractivity (Wildman–Crippen MR) is 63.9 cm³/mol. The van der Waals surface area contributed by atoms with Gasteiger partial charge in [0.05, 0.1) is 0 Å². The summed E-state index contributed by atoms with van der Waals surface area (Å²) in [6.45, 7) is -0.236. The quantitative estimate of drug-likeness (QED) is 0.682. The van der Waals surface area contributed by atoms with E-state index in [1.807, 2.05) is 0 Å². The molecule has 0 bridgehead atoms. The van der Waals surface area contributed by atoms with Crippen LogP contribution in [0.5, 0.6) is 0 Å². The van der Waals surface area contributed by atoms with Gasteiger partial charge in [-0.25, -0.2) is 8.78 Å². The summed E-state index contributed by atoms with van der Waals surface area (Å²) >= 11 is 0. The number of amides is 1. The zero-order valence-corrected chi connectivity index (χ0v) is 9.92. The molecule has 7 nitrogen and oxygen atoms in total. The summed E-state index contributed by atoms with van der Waals surface area (Å²) in [4.78, 5) is 24.8. The fourth-order valence-electron chi connectivity index (χ4n) is 1.47. The molecule has 1 aromatic heterocycles. The number of halogens is 2. The van der Waals surface area contributed by atoms with Gasteiger partial charge in [0, 0.05) is 11.8 Å². The Morgan fingerprint density at radius 1 is 1.40 bits per heavy atom. The third kappa shape index (κ3) is 3.13. The molecule has 0 aliphatic rings. The van der Waals surface area contributed by atoms with Crippen molar-refractivity contribution in [3.05, 3.63) is 52.5 Å². The van der Waals surface area contributed by atoms with Crippen LogP contribution < -0.4 is 5.32 Å². The zero-order chi connectivity index (χ0) is 14.7. The highest BCUT2D eigenvalue weighted by atomic mass is 19.2. The molecule has 0 saturated heterocycles. The molecule has 20 heavy (non-hydrogen) atoms. The van der Waals surface area contributed by atoms with Crippen molar-refractivity contribution in [3.8, 4) is 0 Å². The second kappa shape index (κ2) is 5.43. The van der Waals surface area contributed by atoms with Gasteiger partial charge in [0.15, 0.2) is 11.6 Å². The van der Waals surface area contributed by atoms with E-state index in [2.05, 4.69) is 10.3 Å². The van der Waals surface area contributed by atoms with E-state index in [9.17, 15) is 23.7 Å². The molecule has 0 aliphatic heterocycles. The molecule has 1 aromatic carbocycles. The molecular formula is C11H8F2N4O3. The van der Waals surface area contributed by atoms with Crippen LogP contribution >= 0.6 is 0 Å². The lowest BCUT2D eigenvalue weighted by Crippen LogP contribution is -2.18. The number of nitrogens with one attached hydrogen (secondary N) is 1. The van der Waals surface area contributed by atoms with Crippen LogP contribution in [0.1, 0.15) is 0 Å². The minimum absolute atomic E-state index is 0.0866. The first-order valence-electron chi connectivity index (χ1n) is 5.37. The predicted octanol–water partition coefficient (Wildman–Crippen LogP) is 1.71. The minimum atomic E-state index is -1.08. The van der Waals surface area contributed by atoms with Gasteiger partial charge in [-0.1, -0.05) is 0 Å². The van der Waals surface area contributed by atoms with E-state index in [0.717, 1.165) is 24.7 Å². The topological polar surface area (TPSA) is 90.1 Å². The van der Waals surface area contributed by atoms with Gasteiger partial charge in [0.25, 0.3) is 0 Å². The molecule has 9 heteroatoms. The molecule has 1 heterocycles. The Kier molecular flexibility index (Phi) is 3.69. The minimum Gasteiger partial charge on any atom is -0.358 e. The average Bonchev–Trinajstić information content (AvgIpc) is 2.82. The normalized spacial score (nSPS) is 10.3. The first kappa shape index (κ1) is 13.6. The summed E-state index contributed by atoms with van der Waals surface area (Å²) < 4.78 is 26.8. The van der Waals surface area contributed by atoms with Crippen molar-refractivity contribution >= 4 is 17.4 Å². The number of imidazole rings is 1. The van der Waals surface area contributed by atoms with E-state index in [0.29, 0.717) is 0 Å². The summed E-state index contributed by atoms with van der Waals surface area (Å²) in [6.07, 6.45) is 2.22. The Hall–Kier alpha value is -2.84. The molecular weight excluding hydrogens is 274 g/mol. The van der Waals surface area contributed by atoms with Crippen molar-refractivity contribution < 1.29 is 18.5 Å². The van der Waals surface area contributed by atoms with Gasteiger partial charge >= 0.3 is 5.82 Å². The summed E-state index contributed by atoms with van der Waals surface area (Å²) in [6, 6.07) is 2.92. The lowest BCUT2D eigenvalue weighted by atomic mass is 10.3. The van der Waals surface area contributed by atoms with Crippen LogP contribution in [0.15, 0.2) is 30.7 Å². The number of nitro groups is 1. The number of benzene rings is 1. The smallest absolute Gasteiger partial charge is 0.358 e. The maximum atomic E-state index is 12.9. The van der Waals surface area contributed by atoms with Gasteiger partial charge < -0.3 is 20.0 Å². The Bertz CT molecular complexity index is 671. The molecule has 2 aromatic rings. The molecule has 0 radical (unpaired) electrons. The number of rotatable bonds is 4. The van der Waals surface area contributed by atoms with E-state index in [1.54, 1.807) is 0 Å². The second-order valence-corrected chi connectivity index (χ2v) is 3.84. The Labute approximate surface area is 111 Å². The number of carbonyl (C=O) groups excluding carboxylic acids is 1. The van der Waals surface area contributed by atoms with E-state index >= 15 is 0 Å². The zero-order valence-electron chi connectivity index (χ0n) is 9.92. The molecule has 0 fully saturated rings. The molecule has 2 rings (SSSR count). The van der Waals surface area contributed by atoms with E-state index in [4.69, 9.17) is 0 Å². The van der Waals surface area contributed by atoms with Crippen molar-refractivity contribution in [3.63, 3.8) is 0 Å². The van der Waals surface area contributed by atoms with E-state index in [1.165, 1.54) is 10.6 Å². The number of carbonyl (C=O) groups is 1. The number of nitrogens with zero attached hydrogens (tertiary/aromatic N) is 3. The van der Waals surface area contributed by atoms with Crippen molar-refractivity contribution in [2.24, 2.45) is 0 Å². The van der Waals surface area contributed by atoms with Crippen LogP contribution in [0.2, 0.25) is 0 Å². The first-order valence-corrected chi connectivity index (χ1v) is 5.37. The molecule has 1 N–H and O–H groups in total. The summed E-state index contributed by atoms with van der Waals surface area (Å²) in [5, 5.41) is 12.7. The Morgan fingerprint density at radius 3 is 2.75 bits per heavy atom. The molecule has 0 unspecified atom stereocenters. The Balaban J connectivity index is 2.01. The molecule has 0 saturated carbocycles. The standard InChI is InChI=1S/C11H8F2N4O3/c12-8-2-1-7(3-9(8)13)15-11(18)5-16-4-10(14-6-16)17(19)20/h1-4,6H,5H2,(H,15,18). The highest BCUT2D eigenvalue weighted by molar-refractivity contribution is 5.90. The Morgan fingerprint density at radius 2 is 2.15 bits per heavy atom. The highest BCUT2D eigenvalue weighted by Crippen LogP contribution is 2.13. The van der Waals surface area contributed by atoms with E-state index in [-0.39, 0.29) is 18.1 Å². The maximum absolute atomic E-state index is 12.9. The SMILES string of the molecule is O=C(Cn1cnc([N+](=O)[O-])c1)Nc1ccc(F)c(F)c1. The fraction of sp³-hybridized carbons (Fsp3) is 0.0909. The molecule has 1 amide bonds. The lowest BCUT2D eigenvalue weighted by molar-refractivity contribution is -0.389.